The fourth-order valence-electron chi connectivity index (χ4n) is 5.56. The first-order chi connectivity index (χ1) is 16.0. The Kier molecular flexibility index (Phi) is 6.50. The second-order valence-electron chi connectivity index (χ2n) is 11.3. The number of rotatable bonds is 6. The lowest BCUT2D eigenvalue weighted by Crippen LogP contribution is -2.55. The minimum atomic E-state index is -1.68. The van der Waals surface area contributed by atoms with Crippen molar-refractivity contribution < 1.29 is 14.3 Å². The molecule has 184 valence electrons. The molecular formula is C26H38N4O3Si. The van der Waals surface area contributed by atoms with Gasteiger partial charge in [0, 0.05) is 17.7 Å². The summed E-state index contributed by atoms with van der Waals surface area (Å²) in [6, 6.07) is 9.47. The first kappa shape index (κ1) is 24.7. The number of nitrogens with zero attached hydrogens (tertiary/aromatic N) is 2. The second kappa shape index (κ2) is 8.96. The Hall–Kier alpha value is -2.45. The van der Waals surface area contributed by atoms with Gasteiger partial charge in [-0.3, -0.25) is 9.79 Å². The van der Waals surface area contributed by atoms with E-state index in [-0.39, 0.29) is 23.0 Å². The summed E-state index contributed by atoms with van der Waals surface area (Å²) in [7, 11) is -0.0429. The normalized spacial score (nSPS) is 21.5. The van der Waals surface area contributed by atoms with Gasteiger partial charge in [-0.25, -0.2) is 4.79 Å². The molecule has 2 aliphatic heterocycles. The molecule has 1 aromatic rings. The smallest absolute Gasteiger partial charge is 0.318 e. The van der Waals surface area contributed by atoms with Crippen molar-refractivity contribution in [2.75, 3.05) is 26.8 Å². The molecule has 0 spiro atoms. The van der Waals surface area contributed by atoms with Gasteiger partial charge in [0.25, 0.3) is 0 Å². The fourth-order valence-corrected chi connectivity index (χ4v) is 8.16. The molecule has 3 aliphatic rings. The molecule has 0 radical (unpaired) electrons. The largest absolute Gasteiger partial charge is 0.382 e. The molecule has 1 atom stereocenters. The minimum absolute atomic E-state index is 0.121. The maximum Gasteiger partial charge on any atom is 0.318 e. The SMILES string of the molecule is COC[C@@H](NC(=O)N1CC2=C(CN=C2NC(=O)C2([Si](C)(C)C)CCC2)C1(C)C)c1ccccc1. The van der Waals surface area contributed by atoms with Crippen LogP contribution in [-0.4, -0.2) is 63.1 Å². The number of ether oxygens (including phenoxy) is 1. The Bertz CT molecular complexity index is 1020. The van der Waals surface area contributed by atoms with E-state index in [1.807, 2.05) is 35.2 Å². The van der Waals surface area contributed by atoms with E-state index in [1.54, 1.807) is 7.11 Å². The zero-order valence-electron chi connectivity index (χ0n) is 21.3. The highest BCUT2D eigenvalue weighted by Crippen LogP contribution is 2.55. The van der Waals surface area contributed by atoms with Crippen molar-refractivity contribution in [3.63, 3.8) is 0 Å². The van der Waals surface area contributed by atoms with E-state index in [2.05, 4.69) is 49.1 Å². The number of carbonyl (C=O) groups is 2. The van der Waals surface area contributed by atoms with Crippen LogP contribution in [0.4, 0.5) is 4.79 Å². The average molecular weight is 483 g/mol. The summed E-state index contributed by atoms with van der Waals surface area (Å²) in [5, 5.41) is 6.13. The van der Waals surface area contributed by atoms with Crippen LogP contribution in [0.1, 0.15) is 44.7 Å². The maximum atomic E-state index is 13.4. The van der Waals surface area contributed by atoms with E-state index in [0.29, 0.717) is 25.5 Å². The van der Waals surface area contributed by atoms with E-state index in [4.69, 9.17) is 4.74 Å². The number of methoxy groups -OCH3 is 1. The zero-order valence-corrected chi connectivity index (χ0v) is 22.3. The predicted octanol–water partition coefficient (Wildman–Crippen LogP) is 4.27. The van der Waals surface area contributed by atoms with Crippen molar-refractivity contribution >= 4 is 25.8 Å². The standard InChI is InChI=1S/C26H38N4O3Si/c1-25(2)20-15-27-22(29-23(31)26(13-10-14-26)34(4,5)6)19(20)16-30(25)24(32)28-21(17-33-3)18-11-8-7-9-12-18/h7-9,11-12,21H,10,13-17H2,1-6H3,(H,28,32)(H,27,29,31)/t21-/m1/s1. The number of carbonyl (C=O) groups excluding carboxylic acids is 2. The third-order valence-corrected chi connectivity index (χ3v) is 11.8. The Morgan fingerprint density at radius 1 is 1.18 bits per heavy atom. The number of aliphatic imine (C=N–C) groups is 1. The third kappa shape index (κ3) is 4.11. The summed E-state index contributed by atoms with van der Waals surface area (Å²) < 4.78 is 5.38. The second-order valence-corrected chi connectivity index (χ2v) is 16.7. The van der Waals surface area contributed by atoms with Gasteiger partial charge in [0.1, 0.15) is 5.84 Å². The van der Waals surface area contributed by atoms with E-state index in [1.165, 1.54) is 0 Å². The molecule has 1 aromatic carbocycles. The molecule has 1 fully saturated rings. The van der Waals surface area contributed by atoms with Crippen molar-refractivity contribution in [3.05, 3.63) is 47.0 Å². The molecular weight excluding hydrogens is 444 g/mol. The molecule has 0 aromatic heterocycles. The third-order valence-electron chi connectivity index (χ3n) is 8.16. The Balaban J connectivity index is 1.48. The quantitative estimate of drug-likeness (QED) is 0.594. The fraction of sp³-hybridized carbons (Fsp3) is 0.577. The molecule has 7 nitrogen and oxygen atoms in total. The Labute approximate surface area is 204 Å². The highest BCUT2D eigenvalue weighted by Gasteiger charge is 2.54. The lowest BCUT2D eigenvalue weighted by Gasteiger charge is -2.49. The maximum absolute atomic E-state index is 13.4. The van der Waals surface area contributed by atoms with Gasteiger partial charge in [-0.05, 0) is 37.8 Å². The number of benzene rings is 1. The lowest BCUT2D eigenvalue weighted by molar-refractivity contribution is -0.125. The number of urea groups is 1. The van der Waals surface area contributed by atoms with Crippen molar-refractivity contribution in [1.82, 2.24) is 15.5 Å². The summed E-state index contributed by atoms with van der Waals surface area (Å²) in [5.41, 5.74) is 2.61. The number of hydrogen-bond acceptors (Lipinski definition) is 4. The van der Waals surface area contributed by atoms with Crippen LogP contribution in [0.15, 0.2) is 46.5 Å². The van der Waals surface area contributed by atoms with Gasteiger partial charge in [-0.15, -0.1) is 0 Å². The zero-order chi connectivity index (χ0) is 24.7. The van der Waals surface area contributed by atoms with Crippen LogP contribution >= 0.6 is 0 Å². The average Bonchev–Trinajstić information content (AvgIpc) is 3.24. The van der Waals surface area contributed by atoms with Crippen molar-refractivity contribution in [3.8, 4) is 0 Å². The van der Waals surface area contributed by atoms with Crippen LogP contribution in [0.25, 0.3) is 0 Å². The van der Waals surface area contributed by atoms with E-state index in [0.717, 1.165) is 36.0 Å². The molecule has 8 heteroatoms. The first-order valence-corrected chi connectivity index (χ1v) is 15.7. The van der Waals surface area contributed by atoms with E-state index in [9.17, 15) is 9.59 Å². The van der Waals surface area contributed by atoms with Gasteiger partial charge >= 0.3 is 6.03 Å². The summed E-state index contributed by atoms with van der Waals surface area (Å²) in [6.07, 6.45) is 3.05. The predicted molar refractivity (Wildman–Crippen MR) is 138 cm³/mol. The van der Waals surface area contributed by atoms with E-state index < -0.39 is 13.6 Å². The molecule has 0 saturated heterocycles. The number of amides is 3. The number of nitrogens with one attached hydrogen (secondary N) is 2. The molecule has 4 rings (SSSR count). The lowest BCUT2D eigenvalue weighted by atomic mass is 9.83. The van der Waals surface area contributed by atoms with Gasteiger partial charge in [-0.1, -0.05) is 56.4 Å². The van der Waals surface area contributed by atoms with Crippen molar-refractivity contribution in [1.29, 1.82) is 0 Å². The first-order valence-electron chi connectivity index (χ1n) is 12.2. The van der Waals surface area contributed by atoms with Crippen LogP contribution in [0.2, 0.25) is 24.7 Å². The molecule has 2 N–H and O–H groups in total. The van der Waals surface area contributed by atoms with Crippen LogP contribution in [0.5, 0.6) is 0 Å². The monoisotopic (exact) mass is 482 g/mol. The molecule has 3 amide bonds. The summed E-state index contributed by atoms with van der Waals surface area (Å²) in [5.74, 6) is 0.778. The molecule has 2 heterocycles. The summed E-state index contributed by atoms with van der Waals surface area (Å²) >= 11 is 0. The minimum Gasteiger partial charge on any atom is -0.382 e. The Morgan fingerprint density at radius 2 is 1.85 bits per heavy atom. The van der Waals surface area contributed by atoms with Crippen LogP contribution in [0, 0.1) is 0 Å². The summed E-state index contributed by atoms with van der Waals surface area (Å²) in [4.78, 5) is 33.4. The number of amidine groups is 1. The van der Waals surface area contributed by atoms with Gasteiger partial charge in [0.05, 0.1) is 39.4 Å². The van der Waals surface area contributed by atoms with Crippen molar-refractivity contribution in [2.24, 2.45) is 4.99 Å². The van der Waals surface area contributed by atoms with Crippen LogP contribution < -0.4 is 10.6 Å². The molecule has 1 aliphatic carbocycles. The molecule has 0 unspecified atom stereocenters. The summed E-state index contributed by atoms with van der Waals surface area (Å²) in [6.45, 7) is 12.3. The Morgan fingerprint density at radius 3 is 2.41 bits per heavy atom. The molecule has 34 heavy (non-hydrogen) atoms. The van der Waals surface area contributed by atoms with Gasteiger partial charge < -0.3 is 20.3 Å². The van der Waals surface area contributed by atoms with E-state index >= 15 is 0 Å². The van der Waals surface area contributed by atoms with Gasteiger partial charge in [-0.2, -0.15) is 0 Å². The van der Waals surface area contributed by atoms with Crippen LogP contribution in [-0.2, 0) is 9.53 Å². The highest BCUT2D eigenvalue weighted by atomic mass is 28.3. The molecule has 1 saturated carbocycles. The van der Waals surface area contributed by atoms with Gasteiger partial charge in [0.15, 0.2) is 0 Å². The van der Waals surface area contributed by atoms with Crippen LogP contribution in [0.3, 0.4) is 0 Å². The van der Waals surface area contributed by atoms with Crippen molar-refractivity contribution in [2.45, 2.75) is 69.4 Å². The number of hydrogen-bond donors (Lipinski definition) is 2. The topological polar surface area (TPSA) is 83.0 Å². The highest BCUT2D eigenvalue weighted by molar-refractivity contribution is 6.82. The van der Waals surface area contributed by atoms with Gasteiger partial charge in [0.2, 0.25) is 5.91 Å². The molecule has 0 bridgehead atoms.